The average Bonchev–Trinajstić information content (AvgIpc) is 2.95. The van der Waals surface area contributed by atoms with Crippen LogP contribution in [0.25, 0.3) is 0 Å². The van der Waals surface area contributed by atoms with E-state index >= 15 is 0 Å². The zero-order chi connectivity index (χ0) is 10.2. The minimum atomic E-state index is 0.0506. The van der Waals surface area contributed by atoms with Crippen LogP contribution in [-0.2, 0) is 9.53 Å². The molecular formula is C10H20N2O2. The van der Waals surface area contributed by atoms with Crippen LogP contribution in [0.2, 0.25) is 0 Å². The van der Waals surface area contributed by atoms with Crippen LogP contribution >= 0.6 is 0 Å². The van der Waals surface area contributed by atoms with Crippen LogP contribution in [0.1, 0.15) is 19.8 Å². The van der Waals surface area contributed by atoms with Crippen molar-refractivity contribution >= 4 is 5.91 Å². The summed E-state index contributed by atoms with van der Waals surface area (Å²) >= 11 is 0. The van der Waals surface area contributed by atoms with E-state index in [-0.39, 0.29) is 5.91 Å². The van der Waals surface area contributed by atoms with Crippen molar-refractivity contribution in [3.8, 4) is 0 Å². The summed E-state index contributed by atoms with van der Waals surface area (Å²) in [6.45, 7) is 5.35. The SMILES string of the molecule is CCNC(=O)CNCCOCC1CC1. The lowest BCUT2D eigenvalue weighted by atomic mass is 10.5. The zero-order valence-corrected chi connectivity index (χ0v) is 8.84. The summed E-state index contributed by atoms with van der Waals surface area (Å²) in [5.41, 5.74) is 0. The van der Waals surface area contributed by atoms with Gasteiger partial charge in [-0.3, -0.25) is 4.79 Å². The molecule has 0 heterocycles. The Morgan fingerprint density at radius 3 is 2.93 bits per heavy atom. The fourth-order valence-corrected chi connectivity index (χ4v) is 1.14. The lowest BCUT2D eigenvalue weighted by Gasteiger charge is -2.05. The molecule has 14 heavy (non-hydrogen) atoms. The van der Waals surface area contributed by atoms with Crippen molar-refractivity contribution in [3.63, 3.8) is 0 Å². The van der Waals surface area contributed by atoms with E-state index in [1.165, 1.54) is 12.8 Å². The summed E-state index contributed by atoms with van der Waals surface area (Å²) in [5.74, 6) is 0.869. The number of ether oxygens (including phenoxy) is 1. The van der Waals surface area contributed by atoms with Crippen molar-refractivity contribution in [2.24, 2.45) is 5.92 Å². The summed E-state index contributed by atoms with van der Waals surface area (Å²) in [6.07, 6.45) is 2.65. The second kappa shape index (κ2) is 6.79. The lowest BCUT2D eigenvalue weighted by molar-refractivity contribution is -0.120. The van der Waals surface area contributed by atoms with Crippen LogP contribution in [0.4, 0.5) is 0 Å². The van der Waals surface area contributed by atoms with Gasteiger partial charge in [0.1, 0.15) is 0 Å². The van der Waals surface area contributed by atoms with Crippen molar-refractivity contribution in [2.45, 2.75) is 19.8 Å². The maximum Gasteiger partial charge on any atom is 0.233 e. The summed E-state index contributed by atoms with van der Waals surface area (Å²) in [5, 5.41) is 5.75. The van der Waals surface area contributed by atoms with Crippen LogP contribution in [0.15, 0.2) is 0 Å². The number of rotatable bonds is 8. The van der Waals surface area contributed by atoms with Crippen LogP contribution in [0.5, 0.6) is 0 Å². The highest BCUT2D eigenvalue weighted by atomic mass is 16.5. The molecule has 0 aromatic rings. The van der Waals surface area contributed by atoms with Gasteiger partial charge in [-0.25, -0.2) is 0 Å². The Labute approximate surface area is 85.4 Å². The first-order valence-electron chi connectivity index (χ1n) is 5.38. The standard InChI is InChI=1S/C10H20N2O2/c1-2-12-10(13)7-11-5-6-14-8-9-3-4-9/h9,11H,2-8H2,1H3,(H,12,13). The molecule has 1 aliphatic carbocycles. The fraction of sp³-hybridized carbons (Fsp3) is 0.900. The fourth-order valence-electron chi connectivity index (χ4n) is 1.14. The zero-order valence-electron chi connectivity index (χ0n) is 8.84. The number of nitrogens with one attached hydrogen (secondary N) is 2. The highest BCUT2D eigenvalue weighted by Crippen LogP contribution is 2.28. The van der Waals surface area contributed by atoms with E-state index in [0.29, 0.717) is 19.7 Å². The first kappa shape index (κ1) is 11.5. The molecule has 0 aromatic carbocycles. The molecule has 4 nitrogen and oxygen atoms in total. The van der Waals surface area contributed by atoms with Gasteiger partial charge in [0, 0.05) is 19.7 Å². The Morgan fingerprint density at radius 2 is 2.29 bits per heavy atom. The van der Waals surface area contributed by atoms with Crippen LogP contribution in [-0.4, -0.2) is 38.8 Å². The largest absolute Gasteiger partial charge is 0.380 e. The Hall–Kier alpha value is -0.610. The predicted molar refractivity (Wildman–Crippen MR) is 55.1 cm³/mol. The predicted octanol–water partition coefficient (Wildman–Crippen LogP) is 0.139. The second-order valence-electron chi connectivity index (χ2n) is 3.65. The molecule has 0 bridgehead atoms. The first-order valence-corrected chi connectivity index (χ1v) is 5.38. The number of hydrogen-bond acceptors (Lipinski definition) is 3. The molecule has 2 N–H and O–H groups in total. The minimum Gasteiger partial charge on any atom is -0.380 e. The van der Waals surface area contributed by atoms with Crippen molar-refractivity contribution < 1.29 is 9.53 Å². The third-order valence-electron chi connectivity index (χ3n) is 2.13. The third-order valence-corrected chi connectivity index (χ3v) is 2.13. The van der Waals surface area contributed by atoms with Crippen molar-refractivity contribution in [2.75, 3.05) is 32.8 Å². The van der Waals surface area contributed by atoms with Gasteiger partial charge in [-0.05, 0) is 25.7 Å². The number of amides is 1. The number of likely N-dealkylation sites (N-methyl/N-ethyl adjacent to an activating group) is 1. The van der Waals surface area contributed by atoms with Crippen molar-refractivity contribution in [1.82, 2.24) is 10.6 Å². The highest BCUT2D eigenvalue weighted by Gasteiger charge is 2.20. The molecule has 0 unspecified atom stereocenters. The normalized spacial score (nSPS) is 15.5. The van der Waals surface area contributed by atoms with Gasteiger partial charge in [0.15, 0.2) is 0 Å². The number of hydrogen-bond donors (Lipinski definition) is 2. The molecule has 0 aliphatic heterocycles. The summed E-state index contributed by atoms with van der Waals surface area (Å²) in [4.78, 5) is 11.0. The lowest BCUT2D eigenvalue weighted by Crippen LogP contribution is -2.35. The van der Waals surface area contributed by atoms with E-state index in [1.54, 1.807) is 0 Å². The van der Waals surface area contributed by atoms with Crippen molar-refractivity contribution in [1.29, 1.82) is 0 Å². The Balaban J connectivity index is 1.76. The molecule has 0 spiro atoms. The van der Waals surface area contributed by atoms with Gasteiger partial charge < -0.3 is 15.4 Å². The number of carbonyl (C=O) groups is 1. The molecule has 0 saturated heterocycles. The van der Waals surface area contributed by atoms with E-state index in [1.807, 2.05) is 6.92 Å². The van der Waals surface area contributed by atoms with Crippen molar-refractivity contribution in [3.05, 3.63) is 0 Å². The molecule has 0 atom stereocenters. The van der Waals surface area contributed by atoms with Crippen LogP contribution < -0.4 is 10.6 Å². The van der Waals surface area contributed by atoms with E-state index in [2.05, 4.69) is 10.6 Å². The third kappa shape index (κ3) is 5.94. The highest BCUT2D eigenvalue weighted by molar-refractivity contribution is 5.77. The molecule has 1 saturated carbocycles. The smallest absolute Gasteiger partial charge is 0.233 e. The van der Waals surface area contributed by atoms with Crippen LogP contribution in [0, 0.1) is 5.92 Å². The van der Waals surface area contributed by atoms with Gasteiger partial charge in [-0.2, -0.15) is 0 Å². The maximum absolute atomic E-state index is 11.0. The molecule has 1 rings (SSSR count). The van der Waals surface area contributed by atoms with E-state index in [9.17, 15) is 4.79 Å². The van der Waals surface area contributed by atoms with Crippen LogP contribution in [0.3, 0.4) is 0 Å². The summed E-state index contributed by atoms with van der Waals surface area (Å²) in [6, 6.07) is 0. The van der Waals surface area contributed by atoms with E-state index in [0.717, 1.165) is 19.1 Å². The molecular weight excluding hydrogens is 180 g/mol. The van der Waals surface area contributed by atoms with E-state index in [4.69, 9.17) is 4.74 Å². The summed E-state index contributed by atoms with van der Waals surface area (Å²) < 4.78 is 5.41. The van der Waals surface area contributed by atoms with Gasteiger partial charge in [0.05, 0.1) is 13.2 Å². The molecule has 1 aliphatic rings. The quantitative estimate of drug-likeness (QED) is 0.548. The Kier molecular flexibility index (Phi) is 5.56. The van der Waals surface area contributed by atoms with Gasteiger partial charge in [-0.1, -0.05) is 0 Å². The summed E-state index contributed by atoms with van der Waals surface area (Å²) in [7, 11) is 0. The maximum atomic E-state index is 11.0. The molecule has 0 radical (unpaired) electrons. The Bertz CT molecular complexity index is 170. The van der Waals surface area contributed by atoms with Gasteiger partial charge in [0.25, 0.3) is 0 Å². The first-order chi connectivity index (χ1) is 6.83. The molecule has 1 fully saturated rings. The molecule has 0 aromatic heterocycles. The topological polar surface area (TPSA) is 50.4 Å². The Morgan fingerprint density at radius 1 is 1.50 bits per heavy atom. The van der Waals surface area contributed by atoms with Gasteiger partial charge >= 0.3 is 0 Å². The van der Waals surface area contributed by atoms with Gasteiger partial charge in [0.2, 0.25) is 5.91 Å². The monoisotopic (exact) mass is 200 g/mol. The molecule has 1 amide bonds. The minimum absolute atomic E-state index is 0.0506. The van der Waals surface area contributed by atoms with E-state index < -0.39 is 0 Å². The average molecular weight is 200 g/mol. The number of carbonyl (C=O) groups excluding carboxylic acids is 1. The molecule has 4 heteroatoms. The molecule has 82 valence electrons. The second-order valence-corrected chi connectivity index (χ2v) is 3.65. The van der Waals surface area contributed by atoms with Gasteiger partial charge in [-0.15, -0.1) is 0 Å².